The van der Waals surface area contributed by atoms with Crippen molar-refractivity contribution >= 4 is 11.6 Å². The fourth-order valence-electron chi connectivity index (χ4n) is 2.11. The molecule has 0 heterocycles. The van der Waals surface area contributed by atoms with Crippen molar-refractivity contribution in [2.75, 3.05) is 7.11 Å². The highest BCUT2D eigenvalue weighted by Gasteiger charge is 2.19. The van der Waals surface area contributed by atoms with Crippen molar-refractivity contribution in [3.8, 4) is 5.75 Å². The van der Waals surface area contributed by atoms with Crippen LogP contribution in [0.25, 0.3) is 0 Å². The lowest BCUT2D eigenvalue weighted by Crippen LogP contribution is -2.34. The maximum atomic E-state index is 6.11. The molecule has 0 fully saturated rings. The van der Waals surface area contributed by atoms with Gasteiger partial charge in [0.15, 0.2) is 0 Å². The molecule has 0 saturated carbocycles. The molecule has 1 rings (SSSR count). The van der Waals surface area contributed by atoms with Gasteiger partial charge in [-0.05, 0) is 43.9 Å². The molecule has 0 spiro atoms. The summed E-state index contributed by atoms with van der Waals surface area (Å²) in [6.45, 7) is 8.34. The Hall–Kier alpha value is -0.730. The van der Waals surface area contributed by atoms with Gasteiger partial charge in [-0.2, -0.15) is 0 Å². The molecule has 3 heteroatoms. The largest absolute Gasteiger partial charge is 0.496 e. The number of methoxy groups -OCH3 is 1. The van der Waals surface area contributed by atoms with Crippen molar-refractivity contribution in [2.45, 2.75) is 45.6 Å². The van der Waals surface area contributed by atoms with E-state index >= 15 is 0 Å². The molecule has 0 aromatic heterocycles. The lowest BCUT2D eigenvalue weighted by Gasteiger charge is -2.23. The molecule has 2 nitrogen and oxygen atoms in total. The lowest BCUT2D eigenvalue weighted by molar-refractivity contribution is 0.405. The summed E-state index contributed by atoms with van der Waals surface area (Å²) in [6, 6.07) is 3.86. The van der Waals surface area contributed by atoms with Crippen molar-refractivity contribution < 1.29 is 4.74 Å². The fourth-order valence-corrected chi connectivity index (χ4v) is 2.34. The Morgan fingerprint density at radius 3 is 2.35 bits per heavy atom. The number of rotatable bonds is 4. The zero-order valence-corrected chi connectivity index (χ0v) is 12.1. The Bertz CT molecular complexity index is 394. The first-order chi connectivity index (χ1) is 7.74. The maximum Gasteiger partial charge on any atom is 0.124 e. The smallest absolute Gasteiger partial charge is 0.124 e. The predicted octanol–water partition coefficient (Wildman–Crippen LogP) is 3.75. The second-order valence-corrected chi connectivity index (χ2v) is 5.94. The van der Waals surface area contributed by atoms with Gasteiger partial charge < -0.3 is 10.5 Å². The molecule has 1 aromatic rings. The number of benzene rings is 1. The van der Waals surface area contributed by atoms with E-state index in [1.807, 2.05) is 26.0 Å². The Labute approximate surface area is 109 Å². The van der Waals surface area contributed by atoms with Crippen LogP contribution in [0.2, 0.25) is 5.02 Å². The first-order valence-corrected chi connectivity index (χ1v) is 6.27. The molecule has 0 aliphatic heterocycles. The Morgan fingerprint density at radius 2 is 1.94 bits per heavy atom. The summed E-state index contributed by atoms with van der Waals surface area (Å²) in [5, 5.41) is 0.700. The quantitative estimate of drug-likeness (QED) is 0.889. The van der Waals surface area contributed by atoms with Crippen LogP contribution in [0.1, 0.15) is 44.7 Å². The monoisotopic (exact) mass is 255 g/mol. The predicted molar refractivity (Wildman–Crippen MR) is 74.1 cm³/mol. The molecule has 2 N–H and O–H groups in total. The van der Waals surface area contributed by atoms with Crippen molar-refractivity contribution in [1.82, 2.24) is 0 Å². The summed E-state index contributed by atoms with van der Waals surface area (Å²) in [7, 11) is 1.68. The molecule has 0 atom stereocenters. The summed E-state index contributed by atoms with van der Waals surface area (Å²) in [4.78, 5) is 0. The van der Waals surface area contributed by atoms with Crippen LogP contribution in [0.3, 0.4) is 0 Å². The highest BCUT2D eigenvalue weighted by molar-refractivity contribution is 6.30. The summed E-state index contributed by atoms with van der Waals surface area (Å²) >= 11 is 6.11. The molecule has 0 unspecified atom stereocenters. The van der Waals surface area contributed by atoms with Crippen LogP contribution in [-0.2, 0) is 6.42 Å². The van der Waals surface area contributed by atoms with E-state index in [0.29, 0.717) is 10.9 Å². The van der Waals surface area contributed by atoms with Crippen molar-refractivity contribution in [1.29, 1.82) is 0 Å². The number of ether oxygens (including phenoxy) is 1. The van der Waals surface area contributed by atoms with Crippen LogP contribution in [0, 0.1) is 0 Å². The van der Waals surface area contributed by atoms with Gasteiger partial charge in [0.2, 0.25) is 0 Å². The van der Waals surface area contributed by atoms with Gasteiger partial charge in [0.25, 0.3) is 0 Å². The van der Waals surface area contributed by atoms with Gasteiger partial charge in [-0.3, -0.25) is 0 Å². The Morgan fingerprint density at radius 1 is 1.35 bits per heavy atom. The third-order valence-electron chi connectivity index (χ3n) is 2.64. The van der Waals surface area contributed by atoms with E-state index < -0.39 is 0 Å². The third-order valence-corrected chi connectivity index (χ3v) is 2.85. The zero-order chi connectivity index (χ0) is 13.2. The minimum absolute atomic E-state index is 0.251. The molecule has 17 heavy (non-hydrogen) atoms. The van der Waals surface area contributed by atoms with Crippen LogP contribution in [0.4, 0.5) is 0 Å². The van der Waals surface area contributed by atoms with Crippen LogP contribution >= 0.6 is 11.6 Å². The van der Waals surface area contributed by atoms with Crippen LogP contribution in [0.5, 0.6) is 5.75 Å². The van der Waals surface area contributed by atoms with E-state index in [4.69, 9.17) is 22.1 Å². The van der Waals surface area contributed by atoms with Gasteiger partial charge in [0, 0.05) is 16.1 Å². The van der Waals surface area contributed by atoms with Gasteiger partial charge in [-0.15, -0.1) is 0 Å². The minimum atomic E-state index is -0.251. The molecule has 0 aliphatic carbocycles. The summed E-state index contributed by atoms with van der Waals surface area (Å²) in [5.41, 5.74) is 8.23. The maximum absolute atomic E-state index is 6.11. The summed E-state index contributed by atoms with van der Waals surface area (Å²) in [5.74, 6) is 1.24. The molecule has 1 aromatic carbocycles. The standard InChI is InChI=1S/C14H22ClNO/c1-9(2)13-10(8-14(3,4)16)6-11(15)7-12(13)17-5/h6-7,9H,8,16H2,1-5H3. The van der Waals surface area contributed by atoms with Gasteiger partial charge in [-0.25, -0.2) is 0 Å². The molecule has 0 radical (unpaired) electrons. The second-order valence-electron chi connectivity index (χ2n) is 5.50. The van der Waals surface area contributed by atoms with Crippen molar-refractivity contribution in [2.24, 2.45) is 5.73 Å². The summed E-state index contributed by atoms with van der Waals surface area (Å²) < 4.78 is 5.42. The number of nitrogens with two attached hydrogens (primary N) is 1. The second kappa shape index (κ2) is 5.28. The minimum Gasteiger partial charge on any atom is -0.496 e. The third kappa shape index (κ3) is 3.90. The average Bonchev–Trinajstić information content (AvgIpc) is 2.12. The molecule has 0 aliphatic rings. The van der Waals surface area contributed by atoms with Crippen LogP contribution in [-0.4, -0.2) is 12.6 Å². The zero-order valence-electron chi connectivity index (χ0n) is 11.3. The average molecular weight is 256 g/mol. The highest BCUT2D eigenvalue weighted by atomic mass is 35.5. The van der Waals surface area contributed by atoms with Gasteiger partial charge in [0.05, 0.1) is 7.11 Å². The lowest BCUT2D eigenvalue weighted by atomic mass is 9.88. The van der Waals surface area contributed by atoms with E-state index in [2.05, 4.69) is 13.8 Å². The first kappa shape index (κ1) is 14.3. The fraction of sp³-hybridized carbons (Fsp3) is 0.571. The molecule has 96 valence electrons. The number of hydrogen-bond donors (Lipinski definition) is 1. The molecular formula is C14H22ClNO. The summed E-state index contributed by atoms with van der Waals surface area (Å²) in [6.07, 6.45) is 0.789. The topological polar surface area (TPSA) is 35.2 Å². The molecule has 0 saturated heterocycles. The Kier molecular flexibility index (Phi) is 4.45. The van der Waals surface area contributed by atoms with Gasteiger partial charge in [-0.1, -0.05) is 25.4 Å². The van der Waals surface area contributed by atoms with Gasteiger partial charge >= 0.3 is 0 Å². The van der Waals surface area contributed by atoms with E-state index in [-0.39, 0.29) is 5.54 Å². The first-order valence-electron chi connectivity index (χ1n) is 5.90. The van der Waals surface area contributed by atoms with E-state index in [1.165, 1.54) is 11.1 Å². The van der Waals surface area contributed by atoms with Gasteiger partial charge in [0.1, 0.15) is 5.75 Å². The van der Waals surface area contributed by atoms with E-state index in [9.17, 15) is 0 Å². The SMILES string of the molecule is COc1cc(Cl)cc(CC(C)(C)N)c1C(C)C. The molecule has 0 amide bonds. The molecular weight excluding hydrogens is 234 g/mol. The number of halogens is 1. The van der Waals surface area contributed by atoms with Crippen LogP contribution in [0.15, 0.2) is 12.1 Å². The Balaban J connectivity index is 3.30. The highest BCUT2D eigenvalue weighted by Crippen LogP contribution is 2.34. The number of hydrogen-bond acceptors (Lipinski definition) is 2. The normalized spacial score (nSPS) is 12.0. The van der Waals surface area contributed by atoms with E-state index in [1.54, 1.807) is 7.11 Å². The van der Waals surface area contributed by atoms with E-state index in [0.717, 1.165) is 12.2 Å². The van der Waals surface area contributed by atoms with Crippen LogP contribution < -0.4 is 10.5 Å². The van der Waals surface area contributed by atoms with Crippen molar-refractivity contribution in [3.63, 3.8) is 0 Å². The molecule has 0 bridgehead atoms. The van der Waals surface area contributed by atoms with Crippen molar-refractivity contribution in [3.05, 3.63) is 28.3 Å².